The van der Waals surface area contributed by atoms with Crippen molar-refractivity contribution in [3.8, 4) is 0 Å². The number of carbonyl (C=O) groups excluding carboxylic acids is 1. The first kappa shape index (κ1) is 26.6. The molecule has 0 amide bonds. The molecular weight excluding hydrogens is 508 g/mol. The zero-order valence-electron chi connectivity index (χ0n) is 20.5. The Hall–Kier alpha value is -3.43. The number of carbonyl (C=O) groups is 2. The Kier molecular flexibility index (Phi) is 7.85. The van der Waals surface area contributed by atoms with Gasteiger partial charge in [0.05, 0.1) is 22.6 Å². The molecule has 1 heterocycles. The molecule has 0 fully saturated rings. The maximum Gasteiger partial charge on any atom is 0.303 e. The van der Waals surface area contributed by atoms with Gasteiger partial charge in [-0.3, -0.25) is 14.6 Å². The SMILES string of the molecule is CC1(C)CSC(Nc2ccc(C(=O)c3ccc(S(=O)(=O)CC(CC(=O)O)c4ccccc4)cc3)cc2)=N1. The van der Waals surface area contributed by atoms with Crippen LogP contribution in [0.3, 0.4) is 0 Å². The third-order valence-electron chi connectivity index (χ3n) is 5.95. The van der Waals surface area contributed by atoms with Crippen LogP contribution in [0.2, 0.25) is 0 Å². The van der Waals surface area contributed by atoms with Crippen molar-refractivity contribution in [1.82, 2.24) is 0 Å². The third kappa shape index (κ3) is 6.87. The van der Waals surface area contributed by atoms with E-state index in [1.165, 1.54) is 24.3 Å². The number of aliphatic imine (C=N–C) groups is 1. The molecule has 4 rings (SSSR count). The van der Waals surface area contributed by atoms with Crippen molar-refractivity contribution in [2.45, 2.75) is 36.6 Å². The van der Waals surface area contributed by atoms with Gasteiger partial charge >= 0.3 is 5.97 Å². The molecular formula is C28H28N2O5S2. The van der Waals surface area contributed by atoms with Gasteiger partial charge < -0.3 is 10.4 Å². The van der Waals surface area contributed by atoms with Crippen molar-refractivity contribution >= 4 is 44.2 Å². The molecule has 2 N–H and O–H groups in total. The highest BCUT2D eigenvalue weighted by atomic mass is 32.2. The van der Waals surface area contributed by atoms with Crippen LogP contribution in [0.5, 0.6) is 0 Å². The smallest absolute Gasteiger partial charge is 0.303 e. The summed E-state index contributed by atoms with van der Waals surface area (Å²) in [5.74, 6) is -1.41. The van der Waals surface area contributed by atoms with Crippen LogP contribution in [0.25, 0.3) is 0 Å². The minimum Gasteiger partial charge on any atom is -0.481 e. The summed E-state index contributed by atoms with van der Waals surface area (Å²) in [6.07, 6.45) is -0.297. The molecule has 0 spiro atoms. The number of nitrogens with one attached hydrogen (secondary N) is 1. The summed E-state index contributed by atoms with van der Waals surface area (Å²) in [4.78, 5) is 29.0. The Balaban J connectivity index is 1.45. The lowest BCUT2D eigenvalue weighted by atomic mass is 9.98. The number of thioether (sulfide) groups is 1. The van der Waals surface area contributed by atoms with Gasteiger partial charge in [-0.2, -0.15) is 0 Å². The number of sulfone groups is 1. The highest BCUT2D eigenvalue weighted by molar-refractivity contribution is 8.14. The number of carboxylic acid groups (broad SMARTS) is 1. The summed E-state index contributed by atoms with van der Waals surface area (Å²) in [5.41, 5.74) is 2.23. The first-order valence-corrected chi connectivity index (χ1v) is 14.4. The molecule has 0 bridgehead atoms. The molecule has 9 heteroatoms. The second kappa shape index (κ2) is 10.9. The first-order valence-electron chi connectivity index (χ1n) is 11.8. The number of hydrogen-bond acceptors (Lipinski definition) is 7. The van der Waals surface area contributed by atoms with Crippen molar-refractivity contribution in [1.29, 1.82) is 0 Å². The predicted molar refractivity (Wildman–Crippen MR) is 147 cm³/mol. The number of rotatable bonds is 9. The van der Waals surface area contributed by atoms with Crippen LogP contribution in [0, 0.1) is 0 Å². The number of anilines is 1. The van der Waals surface area contributed by atoms with Crippen molar-refractivity contribution in [2.24, 2.45) is 4.99 Å². The Bertz CT molecular complexity index is 1420. The molecule has 3 aromatic carbocycles. The van der Waals surface area contributed by atoms with Gasteiger partial charge in [0.1, 0.15) is 0 Å². The molecule has 0 saturated carbocycles. The monoisotopic (exact) mass is 536 g/mol. The standard InChI is InChI=1S/C28H28N2O5S2/c1-28(2)18-36-27(30-28)29-23-12-8-20(9-13-23)26(33)21-10-14-24(15-11-21)37(34,35)17-22(16-25(31)32)19-6-4-3-5-7-19/h3-15,22H,16-18H2,1-2H3,(H,29,30)(H,31,32). The minimum absolute atomic E-state index is 0.0488. The number of nitrogens with zero attached hydrogens (tertiary/aromatic N) is 1. The molecule has 0 saturated heterocycles. The molecule has 1 aliphatic heterocycles. The fourth-order valence-corrected chi connectivity index (χ4v) is 6.67. The Morgan fingerprint density at radius 1 is 0.973 bits per heavy atom. The van der Waals surface area contributed by atoms with Gasteiger partial charge in [-0.05, 0) is 67.9 Å². The summed E-state index contributed by atoms with van der Waals surface area (Å²) < 4.78 is 26.1. The maximum atomic E-state index is 13.1. The first-order chi connectivity index (χ1) is 17.5. The summed E-state index contributed by atoms with van der Waals surface area (Å²) in [7, 11) is -3.78. The van der Waals surface area contributed by atoms with Crippen molar-refractivity contribution in [2.75, 3.05) is 16.8 Å². The van der Waals surface area contributed by atoms with E-state index in [2.05, 4.69) is 24.2 Å². The number of amidine groups is 1. The van der Waals surface area contributed by atoms with Crippen molar-refractivity contribution in [3.05, 3.63) is 95.6 Å². The summed E-state index contributed by atoms with van der Waals surface area (Å²) in [6.45, 7) is 4.15. The summed E-state index contributed by atoms with van der Waals surface area (Å²) in [5, 5.41) is 13.4. The highest BCUT2D eigenvalue weighted by Crippen LogP contribution is 2.28. The van der Waals surface area contributed by atoms with Crippen LogP contribution in [0.4, 0.5) is 5.69 Å². The number of ketones is 1. The Morgan fingerprint density at radius 2 is 1.57 bits per heavy atom. The van der Waals surface area contributed by atoms with Gasteiger partial charge in [0.2, 0.25) is 0 Å². The van der Waals surface area contributed by atoms with Gasteiger partial charge in [-0.15, -0.1) is 0 Å². The van der Waals surface area contributed by atoms with Gasteiger partial charge in [-0.25, -0.2) is 8.42 Å². The molecule has 1 atom stereocenters. The second-order valence-electron chi connectivity index (χ2n) is 9.56. The normalized spacial score (nSPS) is 15.6. The van der Waals surface area contributed by atoms with E-state index in [0.29, 0.717) is 16.7 Å². The lowest BCUT2D eigenvalue weighted by Gasteiger charge is -2.16. The van der Waals surface area contributed by atoms with Crippen LogP contribution in [0.1, 0.15) is 47.7 Å². The van der Waals surface area contributed by atoms with Crippen molar-refractivity contribution in [3.63, 3.8) is 0 Å². The Morgan fingerprint density at radius 3 is 2.11 bits per heavy atom. The molecule has 37 heavy (non-hydrogen) atoms. The number of aliphatic carboxylic acids is 1. The fraction of sp³-hybridized carbons (Fsp3) is 0.250. The van der Waals surface area contributed by atoms with E-state index in [1.54, 1.807) is 54.2 Å². The van der Waals surface area contributed by atoms with E-state index in [1.807, 2.05) is 12.1 Å². The molecule has 0 aromatic heterocycles. The van der Waals surface area contributed by atoms with Crippen LogP contribution >= 0.6 is 11.8 Å². The maximum absolute atomic E-state index is 13.1. The summed E-state index contributed by atoms with van der Waals surface area (Å²) in [6, 6.07) is 21.6. The minimum atomic E-state index is -3.78. The van der Waals surface area contributed by atoms with E-state index in [4.69, 9.17) is 0 Å². The highest BCUT2D eigenvalue weighted by Gasteiger charge is 2.26. The molecule has 192 valence electrons. The zero-order valence-corrected chi connectivity index (χ0v) is 22.2. The number of benzene rings is 3. The molecule has 0 radical (unpaired) electrons. The predicted octanol–water partition coefficient (Wildman–Crippen LogP) is 5.24. The van der Waals surface area contributed by atoms with E-state index in [0.717, 1.165) is 16.6 Å². The molecule has 7 nitrogen and oxygen atoms in total. The topological polar surface area (TPSA) is 113 Å². The third-order valence-corrected chi connectivity index (χ3v) is 9.10. The van der Waals surface area contributed by atoms with E-state index >= 15 is 0 Å². The van der Waals surface area contributed by atoms with E-state index < -0.39 is 21.7 Å². The van der Waals surface area contributed by atoms with Crippen LogP contribution in [-0.4, -0.2) is 47.5 Å². The summed E-state index contributed by atoms with van der Waals surface area (Å²) >= 11 is 1.65. The van der Waals surface area contributed by atoms with Gasteiger partial charge in [-0.1, -0.05) is 42.1 Å². The van der Waals surface area contributed by atoms with Gasteiger partial charge in [0.25, 0.3) is 0 Å². The quantitative estimate of drug-likeness (QED) is 0.360. The molecule has 1 unspecified atom stereocenters. The second-order valence-corrected chi connectivity index (χ2v) is 12.6. The molecule has 0 aliphatic carbocycles. The van der Waals surface area contributed by atoms with Crippen LogP contribution < -0.4 is 5.32 Å². The molecule has 3 aromatic rings. The zero-order chi connectivity index (χ0) is 26.6. The van der Waals surface area contributed by atoms with E-state index in [-0.39, 0.29) is 28.4 Å². The lowest BCUT2D eigenvalue weighted by Crippen LogP contribution is -2.18. The van der Waals surface area contributed by atoms with Gasteiger partial charge in [0.15, 0.2) is 20.8 Å². The average Bonchev–Trinajstić information content (AvgIpc) is 3.21. The average molecular weight is 537 g/mol. The van der Waals surface area contributed by atoms with Crippen molar-refractivity contribution < 1.29 is 23.1 Å². The van der Waals surface area contributed by atoms with Crippen LogP contribution in [-0.2, 0) is 14.6 Å². The molecule has 1 aliphatic rings. The Labute approximate surface area is 221 Å². The van der Waals surface area contributed by atoms with Gasteiger partial charge in [0, 0.05) is 28.5 Å². The van der Waals surface area contributed by atoms with Crippen LogP contribution in [0.15, 0.2) is 88.8 Å². The lowest BCUT2D eigenvalue weighted by molar-refractivity contribution is -0.137. The fourth-order valence-electron chi connectivity index (χ4n) is 4.03. The van der Waals surface area contributed by atoms with E-state index in [9.17, 15) is 23.1 Å². The largest absolute Gasteiger partial charge is 0.481 e. The number of carboxylic acids is 1. The number of hydrogen-bond donors (Lipinski definition) is 2.